The molecule has 0 saturated carbocycles. The number of aromatic nitrogens is 3. The molecular formula is C14H12ClN3O2. The molecule has 0 unspecified atom stereocenters. The Balaban J connectivity index is 2.32. The van der Waals surface area contributed by atoms with E-state index in [2.05, 4.69) is 5.10 Å². The standard InChI is InChI=1S/C14H12ClN3O2/c1-17-7-10(15)8-4-3-5-9(13(8)17)12-6-11(14(19)20)16-18(12)2/h3-7H,1-2H3,(H,19,20). The van der Waals surface area contributed by atoms with E-state index in [0.29, 0.717) is 5.02 Å². The predicted octanol–water partition coefficient (Wildman–Crippen LogP) is 2.93. The maximum atomic E-state index is 11.0. The van der Waals surface area contributed by atoms with Crippen molar-refractivity contribution in [1.82, 2.24) is 14.3 Å². The normalized spacial score (nSPS) is 11.2. The molecule has 6 heteroatoms. The quantitative estimate of drug-likeness (QED) is 0.789. The van der Waals surface area contributed by atoms with Crippen LogP contribution in [-0.4, -0.2) is 25.4 Å². The van der Waals surface area contributed by atoms with Crippen molar-refractivity contribution in [3.8, 4) is 11.3 Å². The van der Waals surface area contributed by atoms with Crippen molar-refractivity contribution < 1.29 is 9.90 Å². The number of carboxylic acids is 1. The molecule has 3 aromatic rings. The highest BCUT2D eigenvalue weighted by Crippen LogP contribution is 2.33. The van der Waals surface area contributed by atoms with E-state index in [-0.39, 0.29) is 5.69 Å². The van der Waals surface area contributed by atoms with Crippen molar-refractivity contribution in [3.05, 3.63) is 41.2 Å². The first kappa shape index (κ1) is 12.7. The van der Waals surface area contributed by atoms with Crippen molar-refractivity contribution in [3.63, 3.8) is 0 Å². The molecule has 0 saturated heterocycles. The molecule has 0 aliphatic rings. The van der Waals surface area contributed by atoms with Gasteiger partial charge in [-0.2, -0.15) is 5.10 Å². The molecule has 0 aliphatic heterocycles. The van der Waals surface area contributed by atoms with Gasteiger partial charge in [-0.3, -0.25) is 4.68 Å². The summed E-state index contributed by atoms with van der Waals surface area (Å²) in [5.74, 6) is -1.04. The maximum absolute atomic E-state index is 11.0. The Kier molecular flexibility index (Phi) is 2.79. The largest absolute Gasteiger partial charge is 0.476 e. The zero-order valence-electron chi connectivity index (χ0n) is 11.0. The van der Waals surface area contributed by atoms with E-state index in [1.165, 1.54) is 0 Å². The number of para-hydroxylation sites is 1. The average Bonchev–Trinajstić information content (AvgIpc) is 2.92. The third-order valence-electron chi connectivity index (χ3n) is 3.33. The van der Waals surface area contributed by atoms with Gasteiger partial charge in [0.05, 0.1) is 16.2 Å². The summed E-state index contributed by atoms with van der Waals surface area (Å²) < 4.78 is 3.50. The predicted molar refractivity (Wildman–Crippen MR) is 77.1 cm³/mol. The molecule has 2 aromatic heterocycles. The van der Waals surface area contributed by atoms with Crippen molar-refractivity contribution in [1.29, 1.82) is 0 Å². The minimum Gasteiger partial charge on any atom is -0.476 e. The lowest BCUT2D eigenvalue weighted by Gasteiger charge is -2.06. The van der Waals surface area contributed by atoms with Crippen molar-refractivity contribution >= 4 is 28.5 Å². The maximum Gasteiger partial charge on any atom is 0.356 e. The summed E-state index contributed by atoms with van der Waals surface area (Å²) >= 11 is 6.20. The SMILES string of the molecule is Cn1nc(C(=O)O)cc1-c1cccc2c(Cl)cn(C)c12. The molecule has 0 bridgehead atoms. The lowest BCUT2D eigenvalue weighted by molar-refractivity contribution is 0.0689. The van der Waals surface area contributed by atoms with Crippen LogP contribution in [0.5, 0.6) is 0 Å². The van der Waals surface area contributed by atoms with Crippen molar-refractivity contribution in [2.24, 2.45) is 14.1 Å². The summed E-state index contributed by atoms with van der Waals surface area (Å²) in [5.41, 5.74) is 2.63. The number of aromatic carboxylic acids is 1. The summed E-state index contributed by atoms with van der Waals surface area (Å²) in [6, 6.07) is 7.34. The van der Waals surface area contributed by atoms with Gasteiger partial charge < -0.3 is 9.67 Å². The van der Waals surface area contributed by atoms with Gasteiger partial charge in [0.2, 0.25) is 0 Å². The van der Waals surface area contributed by atoms with Crippen LogP contribution in [0, 0.1) is 0 Å². The number of aryl methyl sites for hydroxylation is 2. The van der Waals surface area contributed by atoms with Gasteiger partial charge in [0.15, 0.2) is 5.69 Å². The number of halogens is 1. The number of carbonyl (C=O) groups is 1. The van der Waals surface area contributed by atoms with E-state index in [0.717, 1.165) is 22.2 Å². The molecule has 102 valence electrons. The molecule has 2 heterocycles. The molecular weight excluding hydrogens is 278 g/mol. The van der Waals surface area contributed by atoms with Crippen LogP contribution < -0.4 is 0 Å². The Hall–Kier alpha value is -2.27. The lowest BCUT2D eigenvalue weighted by atomic mass is 10.1. The molecule has 0 fully saturated rings. The van der Waals surface area contributed by atoms with Gasteiger partial charge in [-0.1, -0.05) is 29.8 Å². The van der Waals surface area contributed by atoms with Crippen molar-refractivity contribution in [2.45, 2.75) is 0 Å². The molecule has 20 heavy (non-hydrogen) atoms. The number of fused-ring (bicyclic) bond motifs is 1. The van der Waals surface area contributed by atoms with E-state index in [4.69, 9.17) is 16.7 Å². The van der Waals surface area contributed by atoms with Gasteiger partial charge in [0.1, 0.15) is 0 Å². The highest BCUT2D eigenvalue weighted by Gasteiger charge is 2.16. The van der Waals surface area contributed by atoms with E-state index < -0.39 is 5.97 Å². The van der Waals surface area contributed by atoms with Gasteiger partial charge >= 0.3 is 5.97 Å². The average molecular weight is 290 g/mol. The van der Waals surface area contributed by atoms with Gasteiger partial charge in [-0.05, 0) is 6.07 Å². The van der Waals surface area contributed by atoms with Gasteiger partial charge in [-0.25, -0.2) is 4.79 Å². The van der Waals surface area contributed by atoms with Gasteiger partial charge in [0, 0.05) is 31.2 Å². The number of benzene rings is 1. The number of carboxylic acid groups (broad SMARTS) is 1. The second-order valence-corrected chi connectivity index (χ2v) is 5.04. The monoisotopic (exact) mass is 289 g/mol. The van der Waals surface area contributed by atoms with E-state index in [1.54, 1.807) is 17.8 Å². The van der Waals surface area contributed by atoms with Crippen LogP contribution >= 0.6 is 11.6 Å². The van der Waals surface area contributed by atoms with Crippen LogP contribution in [0.4, 0.5) is 0 Å². The minimum atomic E-state index is -1.04. The summed E-state index contributed by atoms with van der Waals surface area (Å²) in [5, 5.41) is 14.7. The molecule has 0 radical (unpaired) electrons. The van der Waals surface area contributed by atoms with Crippen LogP contribution in [0.25, 0.3) is 22.2 Å². The zero-order valence-corrected chi connectivity index (χ0v) is 11.7. The van der Waals surface area contributed by atoms with Crippen LogP contribution in [0.1, 0.15) is 10.5 Å². The third kappa shape index (κ3) is 1.78. The first-order valence-electron chi connectivity index (χ1n) is 6.00. The first-order valence-corrected chi connectivity index (χ1v) is 6.38. The second-order valence-electron chi connectivity index (χ2n) is 4.63. The van der Waals surface area contributed by atoms with Crippen LogP contribution in [0.2, 0.25) is 5.02 Å². The van der Waals surface area contributed by atoms with Crippen LogP contribution in [0.15, 0.2) is 30.5 Å². The Morgan fingerprint density at radius 1 is 1.35 bits per heavy atom. The number of nitrogens with zero attached hydrogens (tertiary/aromatic N) is 3. The summed E-state index contributed by atoms with van der Waals surface area (Å²) in [6.07, 6.45) is 1.84. The lowest BCUT2D eigenvalue weighted by Crippen LogP contribution is -1.99. The Labute approximate surface area is 120 Å². The topological polar surface area (TPSA) is 60.1 Å². The molecule has 5 nitrogen and oxygen atoms in total. The van der Waals surface area contributed by atoms with Crippen molar-refractivity contribution in [2.75, 3.05) is 0 Å². The smallest absolute Gasteiger partial charge is 0.356 e. The van der Waals surface area contributed by atoms with Crippen LogP contribution in [-0.2, 0) is 14.1 Å². The fraction of sp³-hybridized carbons (Fsp3) is 0.143. The first-order chi connectivity index (χ1) is 9.49. The molecule has 0 atom stereocenters. The molecule has 0 spiro atoms. The highest BCUT2D eigenvalue weighted by atomic mass is 35.5. The minimum absolute atomic E-state index is 0.0276. The summed E-state index contributed by atoms with van der Waals surface area (Å²) in [6.45, 7) is 0. The van der Waals surface area contributed by atoms with Gasteiger partial charge in [-0.15, -0.1) is 0 Å². The molecule has 0 aliphatic carbocycles. The number of rotatable bonds is 2. The van der Waals surface area contributed by atoms with E-state index >= 15 is 0 Å². The molecule has 1 N–H and O–H groups in total. The summed E-state index contributed by atoms with van der Waals surface area (Å²) in [4.78, 5) is 11.0. The zero-order chi connectivity index (χ0) is 14.4. The number of hydrogen-bond donors (Lipinski definition) is 1. The Bertz CT molecular complexity index is 832. The third-order valence-corrected chi connectivity index (χ3v) is 3.63. The molecule has 0 amide bonds. The fourth-order valence-corrected chi connectivity index (χ4v) is 2.75. The Morgan fingerprint density at radius 3 is 2.75 bits per heavy atom. The van der Waals surface area contributed by atoms with E-state index in [9.17, 15) is 4.79 Å². The number of hydrogen-bond acceptors (Lipinski definition) is 2. The second kappa shape index (κ2) is 4.38. The van der Waals surface area contributed by atoms with Crippen LogP contribution in [0.3, 0.4) is 0 Å². The fourth-order valence-electron chi connectivity index (χ4n) is 2.45. The molecule has 3 rings (SSSR count). The Morgan fingerprint density at radius 2 is 2.10 bits per heavy atom. The highest BCUT2D eigenvalue weighted by molar-refractivity contribution is 6.36. The van der Waals surface area contributed by atoms with Gasteiger partial charge in [0.25, 0.3) is 0 Å². The molecule has 1 aromatic carbocycles. The van der Waals surface area contributed by atoms with E-state index in [1.807, 2.05) is 36.0 Å². The summed E-state index contributed by atoms with van der Waals surface area (Å²) in [7, 11) is 3.64.